The van der Waals surface area contributed by atoms with E-state index in [0.717, 1.165) is 13.0 Å². The zero-order valence-corrected chi connectivity index (χ0v) is 15.6. The van der Waals surface area contributed by atoms with Crippen LogP contribution in [-0.2, 0) is 9.47 Å². The molecule has 0 bridgehead atoms. The molecule has 0 rings (SSSR count). The lowest BCUT2D eigenvalue weighted by molar-refractivity contribution is -0.137. The predicted molar refractivity (Wildman–Crippen MR) is 88.2 cm³/mol. The van der Waals surface area contributed by atoms with Crippen LogP contribution in [0.15, 0.2) is 0 Å². The van der Waals surface area contributed by atoms with Crippen molar-refractivity contribution in [1.29, 1.82) is 0 Å². The minimum absolute atomic E-state index is 0.0674. The van der Waals surface area contributed by atoms with E-state index in [0.29, 0.717) is 11.8 Å². The van der Waals surface area contributed by atoms with Crippen LogP contribution in [-0.4, -0.2) is 23.4 Å². The van der Waals surface area contributed by atoms with E-state index in [-0.39, 0.29) is 16.8 Å². The molecule has 0 aromatic heterocycles. The molecule has 20 heavy (non-hydrogen) atoms. The maximum Gasteiger partial charge on any atom is 0.0655 e. The van der Waals surface area contributed by atoms with Gasteiger partial charge in [0.15, 0.2) is 0 Å². The molecule has 0 fully saturated rings. The fourth-order valence-corrected chi connectivity index (χ4v) is 2.57. The van der Waals surface area contributed by atoms with Gasteiger partial charge >= 0.3 is 0 Å². The van der Waals surface area contributed by atoms with E-state index in [1.165, 1.54) is 6.42 Å². The van der Waals surface area contributed by atoms with Crippen molar-refractivity contribution in [3.8, 4) is 0 Å². The topological polar surface area (TPSA) is 18.5 Å². The normalized spacial score (nSPS) is 15.8. The van der Waals surface area contributed by atoms with Gasteiger partial charge in [-0.2, -0.15) is 0 Å². The summed E-state index contributed by atoms with van der Waals surface area (Å²) < 4.78 is 12.2. The van der Waals surface area contributed by atoms with Crippen molar-refractivity contribution < 1.29 is 9.47 Å². The average molecular weight is 286 g/mol. The van der Waals surface area contributed by atoms with Gasteiger partial charge in [0.1, 0.15) is 0 Å². The van der Waals surface area contributed by atoms with Crippen molar-refractivity contribution in [2.24, 2.45) is 11.8 Å². The van der Waals surface area contributed by atoms with Crippen LogP contribution in [0.4, 0.5) is 0 Å². The Morgan fingerprint density at radius 2 is 1.35 bits per heavy atom. The average Bonchev–Trinajstić information content (AvgIpc) is 2.10. The Morgan fingerprint density at radius 3 is 1.75 bits per heavy atom. The lowest BCUT2D eigenvalue weighted by Crippen LogP contribution is -2.38. The number of hydrogen-bond acceptors (Lipinski definition) is 2. The molecule has 0 aliphatic heterocycles. The minimum Gasteiger partial charge on any atom is -0.375 e. The molecule has 0 radical (unpaired) electrons. The van der Waals surface area contributed by atoms with Crippen molar-refractivity contribution in [1.82, 2.24) is 0 Å². The molecule has 0 aromatic rings. The van der Waals surface area contributed by atoms with Crippen molar-refractivity contribution in [2.45, 2.75) is 98.9 Å². The van der Waals surface area contributed by atoms with E-state index in [2.05, 4.69) is 69.2 Å². The molecule has 0 saturated heterocycles. The van der Waals surface area contributed by atoms with Crippen molar-refractivity contribution in [3.63, 3.8) is 0 Å². The molecule has 0 N–H and O–H groups in total. The molecule has 0 saturated carbocycles. The first-order chi connectivity index (χ1) is 8.75. The third kappa shape index (κ3) is 8.97. The molecule has 1 unspecified atom stereocenters. The molecule has 0 heterocycles. The van der Waals surface area contributed by atoms with E-state index in [4.69, 9.17) is 9.47 Å². The Hall–Kier alpha value is -0.0800. The zero-order valence-electron chi connectivity index (χ0n) is 15.6. The summed E-state index contributed by atoms with van der Waals surface area (Å²) in [6.45, 7) is 22.6. The van der Waals surface area contributed by atoms with Crippen LogP contribution >= 0.6 is 0 Å². The van der Waals surface area contributed by atoms with Gasteiger partial charge in [0.25, 0.3) is 0 Å². The molecule has 0 aromatic carbocycles. The van der Waals surface area contributed by atoms with Crippen LogP contribution in [0.25, 0.3) is 0 Å². The highest BCUT2D eigenvalue weighted by Gasteiger charge is 2.30. The van der Waals surface area contributed by atoms with Gasteiger partial charge in [-0.15, -0.1) is 0 Å². The van der Waals surface area contributed by atoms with Gasteiger partial charge in [0, 0.05) is 0 Å². The second-order valence-corrected chi connectivity index (χ2v) is 8.71. The summed E-state index contributed by atoms with van der Waals surface area (Å²) in [5.41, 5.74) is -0.318. The minimum atomic E-state index is -0.143. The molecule has 1 atom stereocenters. The number of ether oxygens (including phenoxy) is 2. The van der Waals surface area contributed by atoms with Gasteiger partial charge in [-0.3, -0.25) is 0 Å². The molecule has 0 aliphatic rings. The maximum atomic E-state index is 6.16. The lowest BCUT2D eigenvalue weighted by atomic mass is 9.85. The highest BCUT2D eigenvalue weighted by atomic mass is 16.5. The van der Waals surface area contributed by atoms with Gasteiger partial charge in [-0.05, 0) is 73.1 Å². The summed E-state index contributed by atoms with van der Waals surface area (Å²) in [4.78, 5) is 0. The summed E-state index contributed by atoms with van der Waals surface area (Å²) in [5, 5.41) is 0. The predicted octanol–water partition coefficient (Wildman–Crippen LogP) is 5.45. The van der Waals surface area contributed by atoms with Crippen molar-refractivity contribution in [2.75, 3.05) is 6.61 Å². The first-order valence-corrected chi connectivity index (χ1v) is 8.09. The van der Waals surface area contributed by atoms with Crippen molar-refractivity contribution >= 4 is 0 Å². The van der Waals surface area contributed by atoms with E-state index in [1.807, 2.05) is 0 Å². The lowest BCUT2D eigenvalue weighted by Gasteiger charge is -2.37. The summed E-state index contributed by atoms with van der Waals surface area (Å²) >= 11 is 0. The fraction of sp³-hybridized carbons (Fsp3) is 1.00. The molecule has 0 aliphatic carbocycles. The molecule has 0 amide bonds. The quantitative estimate of drug-likeness (QED) is 0.591. The molecular weight excluding hydrogens is 248 g/mol. The fourth-order valence-electron chi connectivity index (χ4n) is 2.57. The van der Waals surface area contributed by atoms with E-state index >= 15 is 0 Å². The van der Waals surface area contributed by atoms with E-state index in [9.17, 15) is 0 Å². The van der Waals surface area contributed by atoms with Crippen LogP contribution in [0.1, 0.15) is 82.1 Å². The number of hydrogen-bond donors (Lipinski definition) is 0. The second kappa shape index (κ2) is 7.26. The largest absolute Gasteiger partial charge is 0.375 e. The molecule has 2 heteroatoms. The molecule has 122 valence electrons. The first-order valence-electron chi connectivity index (χ1n) is 8.09. The van der Waals surface area contributed by atoms with Gasteiger partial charge in [-0.1, -0.05) is 20.8 Å². The van der Waals surface area contributed by atoms with Crippen LogP contribution in [0.5, 0.6) is 0 Å². The second-order valence-electron chi connectivity index (χ2n) is 8.71. The zero-order chi connectivity index (χ0) is 16.2. The molecule has 2 nitrogen and oxygen atoms in total. The monoisotopic (exact) mass is 286 g/mol. The highest BCUT2D eigenvalue weighted by Crippen LogP contribution is 2.29. The van der Waals surface area contributed by atoms with Crippen LogP contribution in [0, 0.1) is 11.8 Å². The summed E-state index contributed by atoms with van der Waals surface area (Å²) in [7, 11) is 0. The summed E-state index contributed by atoms with van der Waals surface area (Å²) in [6.07, 6.45) is 2.12. The van der Waals surface area contributed by atoms with Gasteiger partial charge in [0.05, 0.1) is 23.4 Å². The Labute approximate surface area is 127 Å². The van der Waals surface area contributed by atoms with Gasteiger partial charge in [-0.25, -0.2) is 0 Å². The Bertz CT molecular complexity index is 272. The Kier molecular flexibility index (Phi) is 7.24. The Morgan fingerprint density at radius 1 is 0.850 bits per heavy atom. The smallest absolute Gasteiger partial charge is 0.0655 e. The standard InChI is InChI=1S/C18H38O2/c1-14(2)13-15(3)18(9,10)19-12-11-17(7,8)20-16(4,5)6/h14-15H,11-13H2,1-10H3. The SMILES string of the molecule is CC(C)CC(C)C(C)(C)OCCC(C)(C)OC(C)(C)C. The summed E-state index contributed by atoms with van der Waals surface area (Å²) in [5.74, 6) is 1.28. The van der Waals surface area contributed by atoms with E-state index in [1.54, 1.807) is 0 Å². The van der Waals surface area contributed by atoms with Gasteiger partial charge < -0.3 is 9.47 Å². The third-order valence-electron chi connectivity index (χ3n) is 3.77. The molecular formula is C18H38O2. The number of rotatable bonds is 8. The summed E-state index contributed by atoms with van der Waals surface area (Å²) in [6, 6.07) is 0. The van der Waals surface area contributed by atoms with Crippen LogP contribution in [0.3, 0.4) is 0 Å². The van der Waals surface area contributed by atoms with Crippen molar-refractivity contribution in [3.05, 3.63) is 0 Å². The third-order valence-corrected chi connectivity index (χ3v) is 3.77. The van der Waals surface area contributed by atoms with E-state index < -0.39 is 0 Å². The van der Waals surface area contributed by atoms with Crippen LogP contribution in [0.2, 0.25) is 0 Å². The Balaban J connectivity index is 4.27. The first kappa shape index (κ1) is 19.9. The van der Waals surface area contributed by atoms with Crippen LogP contribution < -0.4 is 0 Å². The maximum absolute atomic E-state index is 6.16. The highest BCUT2D eigenvalue weighted by molar-refractivity contribution is 4.79. The molecule has 0 spiro atoms. The van der Waals surface area contributed by atoms with Gasteiger partial charge in [0.2, 0.25) is 0 Å².